The molecule has 1 N–H and O–H groups in total. The molecule has 0 aliphatic heterocycles. The van der Waals surface area contributed by atoms with Crippen molar-refractivity contribution in [1.82, 2.24) is 5.32 Å². The minimum absolute atomic E-state index is 0.101. The van der Waals surface area contributed by atoms with Crippen molar-refractivity contribution in [2.75, 3.05) is 12.8 Å². The van der Waals surface area contributed by atoms with Gasteiger partial charge in [-0.05, 0) is 35.9 Å². The average Bonchev–Trinajstić information content (AvgIpc) is 2.64. The Hall–Kier alpha value is -0.390. The summed E-state index contributed by atoms with van der Waals surface area (Å²) < 4.78 is 23.0. The van der Waals surface area contributed by atoms with Crippen LogP contribution in [0.3, 0.4) is 0 Å². The first-order valence-corrected chi connectivity index (χ1v) is 7.81. The van der Waals surface area contributed by atoms with Crippen molar-refractivity contribution < 1.29 is 8.42 Å². The standard InChI is InChI=1S/C10H17NO2S2/c1-4-11-10(8(2)15(3,12)13)9-5-6-14-7-9/h5-8,10-11H,4H2,1-3H3. The van der Waals surface area contributed by atoms with Crippen molar-refractivity contribution in [2.45, 2.75) is 25.1 Å². The Morgan fingerprint density at radius 3 is 2.60 bits per heavy atom. The first-order valence-electron chi connectivity index (χ1n) is 4.91. The van der Waals surface area contributed by atoms with Crippen molar-refractivity contribution in [3.05, 3.63) is 22.4 Å². The molecule has 0 radical (unpaired) electrons. The third-order valence-corrected chi connectivity index (χ3v) is 4.80. The summed E-state index contributed by atoms with van der Waals surface area (Å²) in [6.45, 7) is 4.50. The van der Waals surface area contributed by atoms with E-state index in [-0.39, 0.29) is 6.04 Å². The van der Waals surface area contributed by atoms with E-state index in [2.05, 4.69) is 5.32 Å². The van der Waals surface area contributed by atoms with Crippen LogP contribution in [0.4, 0.5) is 0 Å². The maximum absolute atomic E-state index is 11.5. The van der Waals surface area contributed by atoms with Gasteiger partial charge in [0, 0.05) is 12.3 Å². The van der Waals surface area contributed by atoms with E-state index in [1.54, 1.807) is 18.3 Å². The lowest BCUT2D eigenvalue weighted by molar-refractivity contribution is 0.514. The number of hydrogen-bond acceptors (Lipinski definition) is 4. The second kappa shape index (κ2) is 5.09. The van der Waals surface area contributed by atoms with E-state index < -0.39 is 15.1 Å². The predicted molar refractivity (Wildman–Crippen MR) is 65.0 cm³/mol. The van der Waals surface area contributed by atoms with Crippen LogP contribution in [0.25, 0.3) is 0 Å². The molecule has 0 spiro atoms. The van der Waals surface area contributed by atoms with Crippen LogP contribution in [0.2, 0.25) is 0 Å². The Labute approximate surface area is 95.4 Å². The summed E-state index contributed by atoms with van der Waals surface area (Å²) in [5.74, 6) is 0. The topological polar surface area (TPSA) is 46.2 Å². The van der Waals surface area contributed by atoms with Gasteiger partial charge in [-0.15, -0.1) is 0 Å². The summed E-state index contributed by atoms with van der Waals surface area (Å²) in [5, 5.41) is 6.78. The molecule has 3 nitrogen and oxygen atoms in total. The van der Waals surface area contributed by atoms with E-state index in [1.807, 2.05) is 23.8 Å². The lowest BCUT2D eigenvalue weighted by Crippen LogP contribution is -2.34. The second-order valence-electron chi connectivity index (χ2n) is 3.63. The number of nitrogens with one attached hydrogen (secondary N) is 1. The van der Waals surface area contributed by atoms with E-state index >= 15 is 0 Å². The summed E-state index contributed by atoms with van der Waals surface area (Å²) in [7, 11) is -3.01. The van der Waals surface area contributed by atoms with Crippen LogP contribution in [-0.4, -0.2) is 26.5 Å². The van der Waals surface area contributed by atoms with Gasteiger partial charge in [0.1, 0.15) is 0 Å². The Bertz CT molecular complexity index is 384. The van der Waals surface area contributed by atoms with Gasteiger partial charge in [-0.2, -0.15) is 11.3 Å². The zero-order valence-electron chi connectivity index (χ0n) is 9.23. The van der Waals surface area contributed by atoms with Gasteiger partial charge in [-0.3, -0.25) is 0 Å². The number of thiophene rings is 1. The smallest absolute Gasteiger partial charge is 0.151 e. The molecular formula is C10H17NO2S2. The molecule has 0 aliphatic rings. The molecule has 0 aromatic carbocycles. The molecule has 2 atom stereocenters. The van der Waals surface area contributed by atoms with Gasteiger partial charge in [0.2, 0.25) is 0 Å². The number of rotatable bonds is 5. The normalized spacial score (nSPS) is 16.2. The van der Waals surface area contributed by atoms with Gasteiger partial charge >= 0.3 is 0 Å². The van der Waals surface area contributed by atoms with E-state index in [4.69, 9.17) is 0 Å². The van der Waals surface area contributed by atoms with E-state index in [9.17, 15) is 8.42 Å². The fraction of sp³-hybridized carbons (Fsp3) is 0.600. The zero-order chi connectivity index (χ0) is 11.5. The Morgan fingerprint density at radius 1 is 1.53 bits per heavy atom. The molecule has 0 amide bonds. The zero-order valence-corrected chi connectivity index (χ0v) is 10.9. The molecule has 0 saturated heterocycles. The Kier molecular flexibility index (Phi) is 4.31. The van der Waals surface area contributed by atoms with Gasteiger partial charge < -0.3 is 5.32 Å². The molecule has 1 rings (SSSR count). The van der Waals surface area contributed by atoms with Crippen LogP contribution >= 0.6 is 11.3 Å². The second-order valence-corrected chi connectivity index (χ2v) is 6.81. The Balaban J connectivity index is 2.93. The Morgan fingerprint density at radius 2 is 2.20 bits per heavy atom. The summed E-state index contributed by atoms with van der Waals surface area (Å²) in [6.07, 6.45) is 1.29. The van der Waals surface area contributed by atoms with Crippen LogP contribution in [0.5, 0.6) is 0 Å². The molecular weight excluding hydrogens is 230 g/mol. The molecule has 0 aliphatic carbocycles. The maximum Gasteiger partial charge on any atom is 0.151 e. The number of hydrogen-bond donors (Lipinski definition) is 1. The molecule has 2 unspecified atom stereocenters. The molecule has 0 fully saturated rings. The molecule has 15 heavy (non-hydrogen) atoms. The van der Waals surface area contributed by atoms with Gasteiger partial charge in [0.25, 0.3) is 0 Å². The van der Waals surface area contributed by atoms with Crippen molar-refractivity contribution in [1.29, 1.82) is 0 Å². The quantitative estimate of drug-likeness (QED) is 0.863. The van der Waals surface area contributed by atoms with Gasteiger partial charge in [-0.1, -0.05) is 6.92 Å². The fourth-order valence-corrected chi connectivity index (χ4v) is 2.92. The lowest BCUT2D eigenvalue weighted by Gasteiger charge is -2.22. The largest absolute Gasteiger partial charge is 0.309 e. The molecule has 5 heteroatoms. The van der Waals surface area contributed by atoms with Gasteiger partial charge in [-0.25, -0.2) is 8.42 Å². The van der Waals surface area contributed by atoms with Crippen LogP contribution < -0.4 is 5.32 Å². The third kappa shape index (κ3) is 3.29. The maximum atomic E-state index is 11.5. The molecule has 0 bridgehead atoms. The first kappa shape index (κ1) is 12.7. The summed E-state index contributed by atoms with van der Waals surface area (Å²) in [5.41, 5.74) is 1.06. The monoisotopic (exact) mass is 247 g/mol. The number of sulfone groups is 1. The summed E-state index contributed by atoms with van der Waals surface area (Å²) >= 11 is 1.59. The van der Waals surface area contributed by atoms with Crippen LogP contribution in [-0.2, 0) is 9.84 Å². The average molecular weight is 247 g/mol. The highest BCUT2D eigenvalue weighted by atomic mass is 32.2. The fourth-order valence-electron chi connectivity index (χ4n) is 1.47. The highest BCUT2D eigenvalue weighted by molar-refractivity contribution is 7.91. The lowest BCUT2D eigenvalue weighted by atomic mass is 10.1. The molecule has 1 aromatic rings. The van der Waals surface area contributed by atoms with Crippen LogP contribution in [0.1, 0.15) is 25.5 Å². The van der Waals surface area contributed by atoms with Crippen molar-refractivity contribution in [3.63, 3.8) is 0 Å². The van der Waals surface area contributed by atoms with Crippen LogP contribution in [0, 0.1) is 0 Å². The first-order chi connectivity index (χ1) is 6.96. The van der Waals surface area contributed by atoms with Gasteiger partial charge in [0.15, 0.2) is 9.84 Å². The summed E-state index contributed by atoms with van der Waals surface area (Å²) in [4.78, 5) is 0. The minimum atomic E-state index is -3.01. The van der Waals surface area contributed by atoms with Crippen LogP contribution in [0.15, 0.2) is 16.8 Å². The van der Waals surface area contributed by atoms with E-state index in [0.29, 0.717) is 0 Å². The van der Waals surface area contributed by atoms with Crippen molar-refractivity contribution in [3.8, 4) is 0 Å². The van der Waals surface area contributed by atoms with Crippen molar-refractivity contribution in [2.24, 2.45) is 0 Å². The highest BCUT2D eigenvalue weighted by Gasteiger charge is 2.26. The van der Waals surface area contributed by atoms with Gasteiger partial charge in [0.05, 0.1) is 5.25 Å². The van der Waals surface area contributed by atoms with E-state index in [0.717, 1.165) is 12.1 Å². The SMILES string of the molecule is CCNC(c1ccsc1)C(C)S(C)(=O)=O. The molecule has 1 aromatic heterocycles. The molecule has 0 saturated carbocycles. The minimum Gasteiger partial charge on any atom is -0.309 e. The van der Waals surface area contributed by atoms with E-state index in [1.165, 1.54) is 6.26 Å². The molecule has 1 heterocycles. The predicted octanol–water partition coefficient (Wildman–Crippen LogP) is 1.83. The molecule has 86 valence electrons. The third-order valence-electron chi connectivity index (χ3n) is 2.47. The highest BCUT2D eigenvalue weighted by Crippen LogP contribution is 2.23. The summed E-state index contributed by atoms with van der Waals surface area (Å²) in [6, 6.07) is 1.87. The van der Waals surface area contributed by atoms with Crippen molar-refractivity contribution >= 4 is 21.2 Å².